The summed E-state index contributed by atoms with van der Waals surface area (Å²) in [6, 6.07) is 16.4. The molecule has 4 rings (SSSR count). The summed E-state index contributed by atoms with van der Waals surface area (Å²) in [5.41, 5.74) is 6.70. The molecule has 4 aromatic carbocycles. The molecule has 0 aromatic heterocycles. The number of phenolic OH excluding ortho intramolecular Hbond substituents is 1. The SMILES string of the molecule is CC(=O)Nc1ccc2cc(S(=O)(=O)O)cc(O)c2c1.Nc1cc(NC(=O)c2cccc(CS(=O)(=O)CCCl)c2)ccc1S(=O)(=O)O. The lowest BCUT2D eigenvalue weighted by atomic mass is 10.1. The number of hydrogen-bond donors (Lipinski definition) is 6. The third-order valence-electron chi connectivity index (χ3n) is 6.03. The van der Waals surface area contributed by atoms with Crippen LogP contribution >= 0.6 is 11.6 Å². The Labute approximate surface area is 269 Å². The van der Waals surface area contributed by atoms with Crippen LogP contribution < -0.4 is 16.4 Å². The van der Waals surface area contributed by atoms with E-state index in [1.165, 1.54) is 49.4 Å². The molecule has 2 amide bonds. The van der Waals surface area contributed by atoms with E-state index in [9.17, 15) is 39.9 Å². The van der Waals surface area contributed by atoms with Gasteiger partial charge in [0, 0.05) is 41.2 Å². The van der Waals surface area contributed by atoms with E-state index in [4.69, 9.17) is 26.4 Å². The number of carbonyl (C=O) groups is 2. The first-order chi connectivity index (χ1) is 21.3. The van der Waals surface area contributed by atoms with Gasteiger partial charge in [0.15, 0.2) is 9.84 Å². The second kappa shape index (κ2) is 14.4. The minimum atomic E-state index is -4.46. The van der Waals surface area contributed by atoms with Gasteiger partial charge >= 0.3 is 0 Å². The molecule has 0 unspecified atom stereocenters. The number of fused-ring (bicyclic) bond motifs is 1. The number of halogens is 1. The summed E-state index contributed by atoms with van der Waals surface area (Å²) in [4.78, 5) is 22.4. The average Bonchev–Trinajstić information content (AvgIpc) is 2.92. The maximum atomic E-state index is 12.4. The van der Waals surface area contributed by atoms with Crippen LogP contribution in [0.1, 0.15) is 22.8 Å². The quantitative estimate of drug-likeness (QED) is 0.0826. The Hall–Kier alpha value is -4.26. The van der Waals surface area contributed by atoms with Crippen molar-refractivity contribution in [3.05, 3.63) is 83.9 Å². The van der Waals surface area contributed by atoms with Crippen molar-refractivity contribution in [1.29, 1.82) is 0 Å². The van der Waals surface area contributed by atoms with Crippen LogP contribution in [0.3, 0.4) is 0 Å². The second-order valence-electron chi connectivity index (χ2n) is 9.70. The average molecular weight is 714 g/mol. The molecular weight excluding hydrogens is 686 g/mol. The zero-order chi connectivity index (χ0) is 34.4. The molecule has 0 aliphatic rings. The smallest absolute Gasteiger partial charge is 0.296 e. The molecule has 0 spiro atoms. The molecule has 0 fully saturated rings. The molecule has 14 nitrogen and oxygen atoms in total. The first kappa shape index (κ1) is 36.2. The summed E-state index contributed by atoms with van der Waals surface area (Å²) < 4.78 is 86.0. The molecule has 0 atom stereocenters. The van der Waals surface area contributed by atoms with Gasteiger partial charge in [0.2, 0.25) is 5.91 Å². The number of hydrogen-bond acceptors (Lipinski definition) is 10. The van der Waals surface area contributed by atoms with Crippen molar-refractivity contribution in [3.63, 3.8) is 0 Å². The van der Waals surface area contributed by atoms with Crippen molar-refractivity contribution in [3.8, 4) is 5.75 Å². The molecule has 46 heavy (non-hydrogen) atoms. The van der Waals surface area contributed by atoms with Crippen molar-refractivity contribution in [2.24, 2.45) is 0 Å². The highest BCUT2D eigenvalue weighted by atomic mass is 35.5. The highest BCUT2D eigenvalue weighted by Gasteiger charge is 2.17. The van der Waals surface area contributed by atoms with Gasteiger partial charge in [-0.1, -0.05) is 18.2 Å². The van der Waals surface area contributed by atoms with Crippen molar-refractivity contribution >= 4 is 81.3 Å². The number of rotatable bonds is 9. The molecule has 4 aromatic rings. The van der Waals surface area contributed by atoms with Gasteiger partial charge in [0.05, 0.1) is 22.1 Å². The predicted molar refractivity (Wildman–Crippen MR) is 173 cm³/mol. The zero-order valence-corrected chi connectivity index (χ0v) is 27.0. The molecule has 0 heterocycles. The number of alkyl halides is 1. The number of benzene rings is 4. The Morgan fingerprint density at radius 3 is 2.07 bits per heavy atom. The summed E-state index contributed by atoms with van der Waals surface area (Å²) in [6.45, 7) is 1.35. The maximum Gasteiger partial charge on any atom is 0.296 e. The Morgan fingerprint density at radius 1 is 0.826 bits per heavy atom. The fourth-order valence-corrected chi connectivity index (χ4v) is 6.96. The summed E-state index contributed by atoms with van der Waals surface area (Å²) in [6.07, 6.45) is 0. The molecule has 0 aliphatic heterocycles. The number of sulfone groups is 1. The molecule has 18 heteroatoms. The van der Waals surface area contributed by atoms with E-state index in [2.05, 4.69) is 10.6 Å². The molecule has 7 N–H and O–H groups in total. The minimum absolute atomic E-state index is 0.0104. The van der Waals surface area contributed by atoms with Crippen LogP contribution in [0, 0.1) is 0 Å². The summed E-state index contributed by atoms with van der Waals surface area (Å²) >= 11 is 5.47. The van der Waals surface area contributed by atoms with E-state index in [0.717, 1.165) is 12.1 Å². The predicted octanol–water partition coefficient (Wildman–Crippen LogP) is 3.67. The Balaban J connectivity index is 0.000000266. The van der Waals surface area contributed by atoms with Crippen LogP contribution in [0.5, 0.6) is 5.75 Å². The van der Waals surface area contributed by atoms with E-state index in [1.807, 2.05) is 0 Å². The van der Waals surface area contributed by atoms with Crippen molar-refractivity contribution in [2.45, 2.75) is 22.5 Å². The van der Waals surface area contributed by atoms with Gasteiger partial charge in [0.25, 0.3) is 26.1 Å². The van der Waals surface area contributed by atoms with Crippen LogP contribution in [-0.2, 0) is 40.6 Å². The van der Waals surface area contributed by atoms with E-state index >= 15 is 0 Å². The van der Waals surface area contributed by atoms with E-state index < -0.39 is 40.9 Å². The second-order valence-corrected chi connectivity index (χ2v) is 15.1. The minimum Gasteiger partial charge on any atom is -0.507 e. The number of aromatic hydroxyl groups is 1. The molecule has 0 saturated heterocycles. The van der Waals surface area contributed by atoms with Gasteiger partial charge in [-0.25, -0.2) is 8.42 Å². The lowest BCUT2D eigenvalue weighted by Crippen LogP contribution is -2.14. The number of anilines is 3. The van der Waals surface area contributed by atoms with Crippen LogP contribution in [0.4, 0.5) is 17.1 Å². The lowest BCUT2D eigenvalue weighted by molar-refractivity contribution is -0.114. The van der Waals surface area contributed by atoms with E-state index in [-0.39, 0.29) is 50.9 Å². The third kappa shape index (κ3) is 10.1. The number of nitrogens with two attached hydrogens (primary N) is 1. The van der Waals surface area contributed by atoms with Crippen LogP contribution in [0.2, 0.25) is 0 Å². The van der Waals surface area contributed by atoms with Crippen LogP contribution in [-0.4, -0.2) is 62.9 Å². The van der Waals surface area contributed by atoms with E-state index in [1.54, 1.807) is 18.2 Å². The van der Waals surface area contributed by atoms with Gasteiger partial charge in [-0.15, -0.1) is 11.6 Å². The number of nitrogen functional groups attached to an aromatic ring is 1. The molecule has 0 bridgehead atoms. The first-order valence-corrected chi connectivity index (χ1v) is 18.1. The van der Waals surface area contributed by atoms with E-state index in [0.29, 0.717) is 22.0 Å². The standard InChI is InChI=1S/C16H17ClN2O6S2.C12H11NO5S/c17-6-7-26(21,22)10-11-2-1-3-12(8-11)16(20)19-13-4-5-15(14(18)9-13)27(23,24)25;1-7(14)13-9-3-2-8-4-10(19(16,17)18)6-12(15)11(8)5-9/h1-5,8-9H,6-7,10,18H2,(H,19,20)(H,23,24,25);2-6,15H,1H3,(H,13,14)(H,16,17,18). The largest absolute Gasteiger partial charge is 0.507 e. The molecular formula is C28H28ClN3O11S3. The molecule has 246 valence electrons. The Kier molecular flexibility index (Phi) is 11.4. The Bertz CT molecular complexity index is 2140. The molecule has 0 radical (unpaired) electrons. The van der Waals surface area contributed by atoms with Gasteiger partial charge in [-0.05, 0) is 59.5 Å². The monoisotopic (exact) mass is 713 g/mol. The molecule has 0 aliphatic carbocycles. The topological polar surface area (TPSA) is 247 Å². The highest BCUT2D eigenvalue weighted by Crippen LogP contribution is 2.31. The van der Waals surface area contributed by atoms with Crippen molar-refractivity contribution in [2.75, 3.05) is 28.0 Å². The van der Waals surface area contributed by atoms with Gasteiger partial charge in [0.1, 0.15) is 10.6 Å². The summed E-state index contributed by atoms with van der Waals surface area (Å²) in [5.74, 6) is -1.50. The number of nitrogens with one attached hydrogen (secondary N) is 2. The summed E-state index contributed by atoms with van der Waals surface area (Å²) in [7, 11) is -12.2. The maximum absolute atomic E-state index is 12.4. The number of phenols is 1. The highest BCUT2D eigenvalue weighted by molar-refractivity contribution is 7.90. The molecule has 0 saturated carbocycles. The normalized spacial score (nSPS) is 11.7. The lowest BCUT2D eigenvalue weighted by Gasteiger charge is -2.09. The summed E-state index contributed by atoms with van der Waals surface area (Å²) in [5, 5.41) is 15.7. The number of carbonyl (C=O) groups excluding carboxylic acids is 2. The first-order valence-electron chi connectivity index (χ1n) is 12.8. The fraction of sp³-hybridized carbons (Fsp3) is 0.143. The van der Waals surface area contributed by atoms with Gasteiger partial charge < -0.3 is 21.5 Å². The number of amides is 2. The van der Waals surface area contributed by atoms with Crippen LogP contribution in [0.25, 0.3) is 10.8 Å². The Morgan fingerprint density at radius 2 is 1.48 bits per heavy atom. The van der Waals surface area contributed by atoms with Gasteiger partial charge in [-0.2, -0.15) is 16.8 Å². The zero-order valence-electron chi connectivity index (χ0n) is 23.8. The van der Waals surface area contributed by atoms with Gasteiger partial charge in [-0.3, -0.25) is 18.7 Å². The fourth-order valence-electron chi connectivity index (χ4n) is 4.05. The van der Waals surface area contributed by atoms with Crippen LogP contribution in [0.15, 0.2) is 82.6 Å². The van der Waals surface area contributed by atoms with Crippen molar-refractivity contribution < 1.29 is 49.1 Å². The van der Waals surface area contributed by atoms with Crippen molar-refractivity contribution in [1.82, 2.24) is 0 Å². The third-order valence-corrected chi connectivity index (χ3v) is 9.81.